The van der Waals surface area contributed by atoms with Crippen molar-refractivity contribution in [2.75, 3.05) is 6.61 Å². The van der Waals surface area contributed by atoms with Gasteiger partial charge in [-0.15, -0.1) is 6.58 Å². The van der Waals surface area contributed by atoms with E-state index >= 15 is 0 Å². The molecule has 0 saturated carbocycles. The Bertz CT molecular complexity index is 379. The van der Waals surface area contributed by atoms with Crippen molar-refractivity contribution in [2.45, 2.75) is 11.8 Å². The fourth-order valence-electron chi connectivity index (χ4n) is 2.01. The first-order chi connectivity index (χ1) is 6.82. The molecule has 1 aliphatic rings. The highest BCUT2D eigenvalue weighted by Crippen LogP contribution is 2.36. The summed E-state index contributed by atoms with van der Waals surface area (Å²) in [4.78, 5) is 0. The third kappa shape index (κ3) is 1.21. The zero-order chi connectivity index (χ0) is 10.0. The highest BCUT2D eigenvalue weighted by molar-refractivity contribution is 5.60. The van der Waals surface area contributed by atoms with Crippen LogP contribution in [0.5, 0.6) is 0 Å². The molecule has 0 amide bonds. The van der Waals surface area contributed by atoms with E-state index in [0.29, 0.717) is 0 Å². The molecular weight excluding hydrogens is 172 g/mol. The first-order valence-electron chi connectivity index (χ1n) is 4.83. The summed E-state index contributed by atoms with van der Waals surface area (Å²) in [5.74, 6) is 0. The highest BCUT2D eigenvalue weighted by Gasteiger charge is 2.30. The van der Waals surface area contributed by atoms with Crippen molar-refractivity contribution in [3.63, 3.8) is 0 Å². The van der Waals surface area contributed by atoms with E-state index in [4.69, 9.17) is 0 Å². The lowest BCUT2D eigenvalue weighted by Gasteiger charge is -2.32. The van der Waals surface area contributed by atoms with Gasteiger partial charge in [0.15, 0.2) is 0 Å². The predicted molar refractivity (Wildman–Crippen MR) is 59.1 cm³/mol. The minimum atomic E-state index is -0.272. The molecule has 0 spiro atoms. The number of benzene rings is 1. The molecule has 1 heteroatoms. The first kappa shape index (κ1) is 9.22. The molecular formula is C13H14O. The molecule has 0 bridgehead atoms. The maximum absolute atomic E-state index is 9.48. The van der Waals surface area contributed by atoms with Crippen LogP contribution in [0.2, 0.25) is 0 Å². The lowest BCUT2D eigenvalue weighted by molar-refractivity contribution is 0.225. The number of aliphatic hydroxyl groups is 1. The number of allylic oxidation sites excluding steroid dienone is 1. The molecule has 0 radical (unpaired) electrons. The van der Waals surface area contributed by atoms with Gasteiger partial charge in [-0.2, -0.15) is 0 Å². The largest absolute Gasteiger partial charge is 0.395 e. The summed E-state index contributed by atoms with van der Waals surface area (Å²) in [5, 5.41) is 9.48. The Morgan fingerprint density at radius 1 is 1.43 bits per heavy atom. The van der Waals surface area contributed by atoms with Crippen LogP contribution in [0.25, 0.3) is 6.08 Å². The average molecular weight is 186 g/mol. The van der Waals surface area contributed by atoms with Crippen molar-refractivity contribution in [1.82, 2.24) is 0 Å². The summed E-state index contributed by atoms with van der Waals surface area (Å²) in [7, 11) is 0. The lowest BCUT2D eigenvalue weighted by atomic mass is 9.73. The van der Waals surface area contributed by atoms with Crippen molar-refractivity contribution < 1.29 is 5.11 Å². The Labute approximate surface area is 84.4 Å². The number of fused-ring (bicyclic) bond motifs is 1. The maximum atomic E-state index is 9.48. The zero-order valence-corrected chi connectivity index (χ0v) is 8.11. The Kier molecular flexibility index (Phi) is 2.26. The van der Waals surface area contributed by atoms with Gasteiger partial charge < -0.3 is 5.11 Å². The molecule has 2 rings (SSSR count). The van der Waals surface area contributed by atoms with Gasteiger partial charge in [0.1, 0.15) is 0 Å². The van der Waals surface area contributed by atoms with Crippen molar-refractivity contribution in [1.29, 1.82) is 0 Å². The Hall–Kier alpha value is -1.34. The minimum absolute atomic E-state index is 0.123. The van der Waals surface area contributed by atoms with Gasteiger partial charge in [-0.25, -0.2) is 0 Å². The van der Waals surface area contributed by atoms with E-state index in [9.17, 15) is 5.11 Å². The van der Waals surface area contributed by atoms with Crippen molar-refractivity contribution in [3.8, 4) is 0 Å². The normalized spacial score (nSPS) is 24.4. The maximum Gasteiger partial charge on any atom is 0.0565 e. The van der Waals surface area contributed by atoms with Gasteiger partial charge in [0.25, 0.3) is 0 Å². The SMILES string of the molecule is C=CC1(CO)CC=Cc2ccccc21. The fraction of sp³-hybridized carbons (Fsp3) is 0.231. The molecule has 1 N–H and O–H groups in total. The van der Waals surface area contributed by atoms with E-state index in [1.54, 1.807) is 0 Å². The summed E-state index contributed by atoms with van der Waals surface area (Å²) in [6.45, 7) is 3.96. The van der Waals surface area contributed by atoms with Gasteiger partial charge >= 0.3 is 0 Å². The van der Waals surface area contributed by atoms with E-state index in [1.807, 2.05) is 18.2 Å². The van der Waals surface area contributed by atoms with Gasteiger partial charge in [-0.05, 0) is 17.5 Å². The molecule has 1 aromatic carbocycles. The van der Waals surface area contributed by atoms with E-state index in [0.717, 1.165) is 6.42 Å². The van der Waals surface area contributed by atoms with Crippen molar-refractivity contribution in [3.05, 3.63) is 54.1 Å². The van der Waals surface area contributed by atoms with Crippen LogP contribution in [0, 0.1) is 0 Å². The van der Waals surface area contributed by atoms with Crippen LogP contribution in [0.1, 0.15) is 17.5 Å². The summed E-state index contributed by atoms with van der Waals surface area (Å²) in [6.07, 6.45) is 6.90. The van der Waals surface area contributed by atoms with Crippen LogP contribution in [0.4, 0.5) is 0 Å². The molecule has 72 valence electrons. The second kappa shape index (κ2) is 3.43. The van der Waals surface area contributed by atoms with E-state index in [1.165, 1.54) is 11.1 Å². The average Bonchev–Trinajstić information content (AvgIpc) is 2.28. The predicted octanol–water partition coefficient (Wildman–Crippen LogP) is 2.52. The monoisotopic (exact) mass is 186 g/mol. The van der Waals surface area contributed by atoms with Crippen LogP contribution in [0.3, 0.4) is 0 Å². The number of hydrogen-bond donors (Lipinski definition) is 1. The summed E-state index contributed by atoms with van der Waals surface area (Å²) < 4.78 is 0. The lowest BCUT2D eigenvalue weighted by Crippen LogP contribution is -2.29. The minimum Gasteiger partial charge on any atom is -0.395 e. The smallest absolute Gasteiger partial charge is 0.0565 e. The topological polar surface area (TPSA) is 20.2 Å². The molecule has 14 heavy (non-hydrogen) atoms. The standard InChI is InChI=1S/C13H14O/c1-2-13(10-14)9-5-7-11-6-3-4-8-12(11)13/h2-8,14H,1,9-10H2. The van der Waals surface area contributed by atoms with Gasteiger partial charge in [0, 0.05) is 5.41 Å². The van der Waals surface area contributed by atoms with Crippen LogP contribution < -0.4 is 0 Å². The molecule has 1 nitrogen and oxygen atoms in total. The zero-order valence-electron chi connectivity index (χ0n) is 8.11. The molecule has 0 saturated heterocycles. The molecule has 1 aromatic rings. The number of hydrogen-bond acceptors (Lipinski definition) is 1. The van der Waals surface area contributed by atoms with Crippen LogP contribution in [0.15, 0.2) is 43.0 Å². The molecule has 0 aromatic heterocycles. The molecule has 1 unspecified atom stereocenters. The van der Waals surface area contributed by atoms with E-state index in [-0.39, 0.29) is 12.0 Å². The summed E-state index contributed by atoms with van der Waals surface area (Å²) in [6, 6.07) is 8.15. The van der Waals surface area contributed by atoms with Crippen LogP contribution in [-0.2, 0) is 5.41 Å². The second-order valence-electron chi connectivity index (χ2n) is 3.71. The first-order valence-corrected chi connectivity index (χ1v) is 4.83. The Morgan fingerprint density at radius 2 is 2.21 bits per heavy atom. The third-order valence-electron chi connectivity index (χ3n) is 2.95. The van der Waals surface area contributed by atoms with Crippen molar-refractivity contribution in [2.24, 2.45) is 0 Å². The van der Waals surface area contributed by atoms with Gasteiger partial charge in [0.2, 0.25) is 0 Å². The Morgan fingerprint density at radius 3 is 2.93 bits per heavy atom. The van der Waals surface area contributed by atoms with Crippen LogP contribution >= 0.6 is 0 Å². The third-order valence-corrected chi connectivity index (χ3v) is 2.95. The number of aliphatic hydroxyl groups excluding tert-OH is 1. The van der Waals surface area contributed by atoms with Crippen molar-refractivity contribution >= 4 is 6.08 Å². The van der Waals surface area contributed by atoms with Gasteiger partial charge in [-0.1, -0.05) is 42.5 Å². The highest BCUT2D eigenvalue weighted by atomic mass is 16.3. The summed E-state index contributed by atoms with van der Waals surface area (Å²) in [5.41, 5.74) is 2.10. The van der Waals surface area contributed by atoms with Gasteiger partial charge in [-0.3, -0.25) is 0 Å². The molecule has 1 aliphatic carbocycles. The molecule has 0 aliphatic heterocycles. The summed E-state index contributed by atoms with van der Waals surface area (Å²) >= 11 is 0. The molecule has 0 heterocycles. The molecule has 1 atom stereocenters. The van der Waals surface area contributed by atoms with E-state index in [2.05, 4.69) is 30.9 Å². The fourth-order valence-corrected chi connectivity index (χ4v) is 2.01. The molecule has 0 fully saturated rings. The quantitative estimate of drug-likeness (QED) is 0.704. The number of rotatable bonds is 2. The Balaban J connectivity index is 2.60. The van der Waals surface area contributed by atoms with Crippen LogP contribution in [-0.4, -0.2) is 11.7 Å². The van der Waals surface area contributed by atoms with Gasteiger partial charge in [0.05, 0.1) is 6.61 Å². The second-order valence-corrected chi connectivity index (χ2v) is 3.71. The van der Waals surface area contributed by atoms with E-state index < -0.39 is 0 Å².